The summed E-state index contributed by atoms with van der Waals surface area (Å²) in [5, 5.41) is 8.87. The van der Waals surface area contributed by atoms with Gasteiger partial charge in [0.25, 0.3) is 11.5 Å². The molecule has 3 aromatic carbocycles. The zero-order chi connectivity index (χ0) is 24.8. The monoisotopic (exact) mass is 473 g/mol. The van der Waals surface area contributed by atoms with E-state index < -0.39 is 5.91 Å². The van der Waals surface area contributed by atoms with E-state index in [-0.39, 0.29) is 5.56 Å². The normalized spacial score (nSPS) is 10.9. The van der Waals surface area contributed by atoms with E-state index in [9.17, 15) is 9.59 Å². The zero-order valence-corrected chi connectivity index (χ0v) is 19.1. The lowest BCUT2D eigenvalue weighted by Gasteiger charge is -2.10. The quantitative estimate of drug-likeness (QED) is 0.203. The summed E-state index contributed by atoms with van der Waals surface area (Å²) in [5.41, 5.74) is 4.19. The number of fused-ring (bicyclic) bond motifs is 1. The number of rotatable bonds is 8. The number of amides is 1. The summed E-state index contributed by atoms with van der Waals surface area (Å²) in [6.07, 6.45) is 2.82. The first-order valence-corrected chi connectivity index (χ1v) is 10.6. The van der Waals surface area contributed by atoms with Gasteiger partial charge in [0.15, 0.2) is 0 Å². The molecule has 0 aliphatic rings. The molecule has 0 saturated heterocycles. The third-order valence-corrected chi connectivity index (χ3v) is 5.25. The van der Waals surface area contributed by atoms with E-state index in [2.05, 4.69) is 9.97 Å². The number of carbonyl (C=O) groups excluding carboxylic acids is 1. The van der Waals surface area contributed by atoms with Crippen LogP contribution in [0.2, 0.25) is 0 Å². The maximum atomic E-state index is 12.7. The number of nitrogens with one attached hydrogen (secondary N) is 2. The van der Waals surface area contributed by atoms with Gasteiger partial charge in [-0.1, -0.05) is 24.3 Å². The van der Waals surface area contributed by atoms with Crippen molar-refractivity contribution < 1.29 is 24.2 Å². The van der Waals surface area contributed by atoms with Crippen LogP contribution in [0, 0.1) is 0 Å². The lowest BCUT2D eigenvalue weighted by Crippen LogP contribution is -2.14. The first-order valence-electron chi connectivity index (χ1n) is 10.6. The molecule has 0 aliphatic carbocycles. The highest BCUT2D eigenvalue weighted by atomic mass is 16.5. The average molecular weight is 473 g/mol. The molecule has 3 N–H and O–H groups in total. The zero-order valence-electron chi connectivity index (χ0n) is 19.1. The number of carbonyl (C=O) groups is 1. The summed E-state index contributed by atoms with van der Waals surface area (Å²) in [6, 6.07) is 18.0. The molecule has 0 fully saturated rings. The molecule has 35 heavy (non-hydrogen) atoms. The third-order valence-electron chi connectivity index (χ3n) is 5.25. The van der Waals surface area contributed by atoms with Crippen LogP contribution in [0.5, 0.6) is 17.2 Å². The van der Waals surface area contributed by atoms with Crippen molar-refractivity contribution in [1.29, 1.82) is 0 Å². The highest BCUT2D eigenvalue weighted by Crippen LogP contribution is 2.29. The minimum Gasteiger partial charge on any atom is -0.497 e. The predicted molar refractivity (Wildman–Crippen MR) is 131 cm³/mol. The molecular weight excluding hydrogens is 450 g/mol. The summed E-state index contributed by atoms with van der Waals surface area (Å²) < 4.78 is 16.5. The number of nitrogens with zero attached hydrogens (tertiary/aromatic N) is 1. The molecule has 4 aromatic rings. The van der Waals surface area contributed by atoms with Crippen LogP contribution in [0.1, 0.15) is 11.1 Å². The Balaban J connectivity index is 1.48. The second-order valence-corrected chi connectivity index (χ2v) is 7.50. The molecule has 0 saturated carbocycles. The van der Waals surface area contributed by atoms with Crippen LogP contribution in [-0.4, -0.2) is 35.3 Å². The van der Waals surface area contributed by atoms with Crippen LogP contribution in [0.4, 0.5) is 0 Å². The second-order valence-electron chi connectivity index (χ2n) is 7.50. The topological polar surface area (TPSA) is 123 Å². The predicted octanol–water partition coefficient (Wildman–Crippen LogP) is 3.70. The second kappa shape index (κ2) is 10.5. The number of benzene rings is 3. The number of hydrogen-bond acceptors (Lipinski definition) is 7. The fourth-order valence-electron chi connectivity index (χ4n) is 3.44. The van der Waals surface area contributed by atoms with Crippen molar-refractivity contribution in [3.8, 4) is 28.6 Å². The Hall–Kier alpha value is -4.63. The smallest absolute Gasteiger partial charge is 0.267 e. The molecule has 1 amide bonds. The van der Waals surface area contributed by atoms with Gasteiger partial charge in [0.05, 0.1) is 19.7 Å². The average Bonchev–Trinajstić information content (AvgIpc) is 2.90. The molecule has 9 nitrogen and oxygen atoms in total. The molecule has 0 atom stereocenters. The SMILES string of the molecule is COc1cc(OC)c2c(=O)[nH]c(-c3ccc(OCc4ccc(/C=C/C(=O)NO)cc4)cc3)nc2c1. The van der Waals surface area contributed by atoms with E-state index in [0.29, 0.717) is 40.6 Å². The van der Waals surface area contributed by atoms with E-state index in [1.54, 1.807) is 35.8 Å². The molecule has 1 heterocycles. The van der Waals surface area contributed by atoms with Crippen molar-refractivity contribution in [2.75, 3.05) is 14.2 Å². The first kappa shape index (κ1) is 23.5. The molecule has 0 unspecified atom stereocenters. The Morgan fingerprint density at radius 2 is 1.77 bits per heavy atom. The van der Waals surface area contributed by atoms with Gasteiger partial charge in [0.2, 0.25) is 0 Å². The van der Waals surface area contributed by atoms with Gasteiger partial charge in [-0.15, -0.1) is 0 Å². The van der Waals surface area contributed by atoms with Gasteiger partial charge < -0.3 is 19.2 Å². The fourth-order valence-corrected chi connectivity index (χ4v) is 3.44. The molecule has 178 valence electrons. The van der Waals surface area contributed by atoms with Gasteiger partial charge >= 0.3 is 0 Å². The minimum absolute atomic E-state index is 0.305. The Kier molecular flexibility index (Phi) is 7.08. The van der Waals surface area contributed by atoms with Crippen molar-refractivity contribution in [2.45, 2.75) is 6.61 Å². The van der Waals surface area contributed by atoms with Crippen molar-refractivity contribution in [3.63, 3.8) is 0 Å². The van der Waals surface area contributed by atoms with E-state index in [1.807, 2.05) is 36.4 Å². The highest BCUT2D eigenvalue weighted by Gasteiger charge is 2.13. The van der Waals surface area contributed by atoms with E-state index in [4.69, 9.17) is 19.4 Å². The number of aromatic amines is 1. The Bertz CT molecular complexity index is 1430. The maximum Gasteiger partial charge on any atom is 0.267 e. The van der Waals surface area contributed by atoms with Gasteiger partial charge in [0, 0.05) is 23.8 Å². The van der Waals surface area contributed by atoms with E-state index in [1.165, 1.54) is 20.3 Å². The van der Waals surface area contributed by atoms with Crippen molar-refractivity contribution in [1.82, 2.24) is 15.4 Å². The standard InChI is InChI=1S/C26H23N3O6/c1-33-20-13-21-24(22(14-20)34-2)26(31)28-25(27-21)18-8-10-19(11-9-18)35-15-17-5-3-16(4-6-17)7-12-23(30)29-32/h3-14,32H,15H2,1-2H3,(H,29,30)(H,27,28,31)/b12-7+. The lowest BCUT2D eigenvalue weighted by molar-refractivity contribution is -0.124. The van der Waals surface area contributed by atoms with Crippen molar-refractivity contribution >= 4 is 22.9 Å². The van der Waals surface area contributed by atoms with Gasteiger partial charge in [-0.2, -0.15) is 0 Å². The van der Waals surface area contributed by atoms with Crippen molar-refractivity contribution in [2.24, 2.45) is 0 Å². The van der Waals surface area contributed by atoms with E-state index in [0.717, 1.165) is 16.7 Å². The molecule has 0 radical (unpaired) electrons. The highest BCUT2D eigenvalue weighted by molar-refractivity contribution is 5.90. The maximum absolute atomic E-state index is 12.7. The number of hydroxylamine groups is 1. The third kappa shape index (κ3) is 5.48. The van der Waals surface area contributed by atoms with Crippen LogP contribution < -0.4 is 25.2 Å². The molecule has 1 aromatic heterocycles. The molecule has 9 heteroatoms. The molecule has 0 aliphatic heterocycles. The summed E-state index contributed by atoms with van der Waals surface area (Å²) in [7, 11) is 3.03. The summed E-state index contributed by atoms with van der Waals surface area (Å²) in [5.74, 6) is 1.42. The number of hydrogen-bond donors (Lipinski definition) is 3. The molecular formula is C26H23N3O6. The van der Waals surface area contributed by atoms with Gasteiger partial charge in [-0.3, -0.25) is 14.8 Å². The molecule has 4 rings (SSSR count). The van der Waals surface area contributed by atoms with Crippen molar-refractivity contribution in [3.05, 3.63) is 88.2 Å². The molecule has 0 spiro atoms. The lowest BCUT2D eigenvalue weighted by atomic mass is 10.1. The number of H-pyrrole nitrogens is 1. The van der Waals surface area contributed by atoms with E-state index >= 15 is 0 Å². The van der Waals surface area contributed by atoms with Gasteiger partial charge in [-0.25, -0.2) is 10.5 Å². The first-order chi connectivity index (χ1) is 17.0. The van der Waals surface area contributed by atoms with Crippen LogP contribution in [0.15, 0.2) is 71.5 Å². The number of aromatic nitrogens is 2. The number of ether oxygens (including phenoxy) is 3. The van der Waals surface area contributed by atoms with Crippen LogP contribution in [-0.2, 0) is 11.4 Å². The summed E-state index contributed by atoms with van der Waals surface area (Å²) >= 11 is 0. The molecule has 0 bridgehead atoms. The number of methoxy groups -OCH3 is 2. The Morgan fingerprint density at radius 3 is 2.43 bits per heavy atom. The largest absolute Gasteiger partial charge is 0.497 e. The minimum atomic E-state index is -0.594. The van der Waals surface area contributed by atoms with Crippen LogP contribution in [0.3, 0.4) is 0 Å². The van der Waals surface area contributed by atoms with Gasteiger partial charge in [0.1, 0.15) is 35.1 Å². The van der Waals surface area contributed by atoms with Crippen LogP contribution in [0.25, 0.3) is 28.4 Å². The Morgan fingerprint density at radius 1 is 1.03 bits per heavy atom. The Labute approximate surface area is 200 Å². The summed E-state index contributed by atoms with van der Waals surface area (Å²) in [6.45, 7) is 0.352. The summed E-state index contributed by atoms with van der Waals surface area (Å²) in [4.78, 5) is 31.2. The fraction of sp³-hybridized carbons (Fsp3) is 0.115. The van der Waals surface area contributed by atoms with Gasteiger partial charge in [-0.05, 0) is 41.5 Å². The van der Waals surface area contributed by atoms with Crippen LogP contribution >= 0.6 is 0 Å².